The Morgan fingerprint density at radius 1 is 1.14 bits per heavy atom. The summed E-state index contributed by atoms with van der Waals surface area (Å²) in [6.45, 7) is 6.75. The Bertz CT molecular complexity index is 1980. The average Bonchev–Trinajstić information content (AvgIpc) is 3.87. The van der Waals surface area contributed by atoms with E-state index >= 15 is 0 Å². The van der Waals surface area contributed by atoms with E-state index in [1.54, 1.807) is 22.8 Å². The molecule has 13 heteroatoms. The van der Waals surface area contributed by atoms with E-state index in [-0.39, 0.29) is 24.1 Å². The predicted octanol–water partition coefficient (Wildman–Crippen LogP) is 4.67. The second-order valence-electron chi connectivity index (χ2n) is 13.3. The van der Waals surface area contributed by atoms with Gasteiger partial charge in [0.15, 0.2) is 5.82 Å². The molecule has 3 aliphatic heterocycles. The number of nitrogens with zero attached hydrogens (tertiary/aromatic N) is 6. The van der Waals surface area contributed by atoms with Crippen molar-refractivity contribution in [1.82, 2.24) is 40.1 Å². The molecule has 0 bridgehead atoms. The van der Waals surface area contributed by atoms with Gasteiger partial charge in [-0.25, -0.2) is 4.98 Å². The highest BCUT2D eigenvalue weighted by atomic mass is 32.2. The SMILES string of the molecule is CS[C@@]1(C(=O)Nc2ccc3[nH]nc(C4=CNC(OC(C)C)C=C4)c3c2)CCN(CC(=O)N2CC=C(c3ccc(-c4ncn(C)n4)cc3)CC2)C1. The van der Waals surface area contributed by atoms with E-state index in [4.69, 9.17) is 4.74 Å². The molecule has 0 spiro atoms. The predicted molar refractivity (Wildman–Crippen MR) is 198 cm³/mol. The van der Waals surface area contributed by atoms with Gasteiger partial charge in [-0.05, 0) is 68.4 Å². The lowest BCUT2D eigenvalue weighted by Crippen LogP contribution is -2.45. The Hall–Kier alpha value is -4.72. The fourth-order valence-electron chi connectivity index (χ4n) is 6.74. The number of H-pyrrole nitrogens is 1. The third kappa shape index (κ3) is 7.11. The van der Waals surface area contributed by atoms with Crippen LogP contribution in [0.3, 0.4) is 0 Å². The van der Waals surface area contributed by atoms with Crippen LogP contribution < -0.4 is 10.6 Å². The van der Waals surface area contributed by atoms with E-state index < -0.39 is 4.75 Å². The molecule has 3 aliphatic rings. The van der Waals surface area contributed by atoms with Crippen LogP contribution in [0, 0.1) is 0 Å². The van der Waals surface area contributed by atoms with Gasteiger partial charge in [0.2, 0.25) is 11.8 Å². The van der Waals surface area contributed by atoms with Gasteiger partial charge in [-0.1, -0.05) is 36.4 Å². The molecule has 12 nitrogen and oxygen atoms in total. The number of aromatic nitrogens is 5. The van der Waals surface area contributed by atoms with Crippen molar-refractivity contribution in [2.24, 2.45) is 7.05 Å². The van der Waals surface area contributed by atoms with Crippen LogP contribution in [0.25, 0.3) is 33.4 Å². The maximum Gasteiger partial charge on any atom is 0.241 e. The summed E-state index contributed by atoms with van der Waals surface area (Å²) < 4.78 is 6.86. The number of carbonyl (C=O) groups is 2. The molecule has 260 valence electrons. The lowest BCUT2D eigenvalue weighted by Gasteiger charge is -2.29. The van der Waals surface area contributed by atoms with Crippen molar-refractivity contribution < 1.29 is 14.3 Å². The zero-order valence-electron chi connectivity index (χ0n) is 28.8. The third-order valence-electron chi connectivity index (χ3n) is 9.52. The summed E-state index contributed by atoms with van der Waals surface area (Å²) in [4.78, 5) is 35.6. The Morgan fingerprint density at radius 2 is 1.96 bits per heavy atom. The van der Waals surface area contributed by atoms with Gasteiger partial charge < -0.3 is 20.3 Å². The molecule has 1 saturated heterocycles. The molecule has 4 aromatic rings. The maximum atomic E-state index is 13.8. The first-order chi connectivity index (χ1) is 24.2. The van der Waals surface area contributed by atoms with Crippen LogP contribution in [0.4, 0.5) is 5.69 Å². The van der Waals surface area contributed by atoms with Gasteiger partial charge in [0.05, 0.1) is 18.2 Å². The summed E-state index contributed by atoms with van der Waals surface area (Å²) in [7, 11) is 1.86. The number of nitrogens with one attached hydrogen (secondary N) is 3. The van der Waals surface area contributed by atoms with Crippen LogP contribution in [0.2, 0.25) is 0 Å². The minimum absolute atomic E-state index is 0.0492. The van der Waals surface area contributed by atoms with E-state index in [1.165, 1.54) is 5.57 Å². The Morgan fingerprint density at radius 3 is 2.64 bits per heavy atom. The number of aromatic amines is 1. The molecule has 50 heavy (non-hydrogen) atoms. The zero-order valence-corrected chi connectivity index (χ0v) is 29.7. The minimum Gasteiger partial charge on any atom is -0.362 e. The lowest BCUT2D eigenvalue weighted by atomic mass is 9.98. The number of allylic oxidation sites excluding steroid dienone is 2. The highest BCUT2D eigenvalue weighted by Gasteiger charge is 2.44. The monoisotopic (exact) mass is 693 g/mol. The van der Waals surface area contributed by atoms with Gasteiger partial charge in [0, 0.05) is 61.6 Å². The average molecular weight is 694 g/mol. The van der Waals surface area contributed by atoms with Gasteiger partial charge in [-0.15, -0.1) is 11.8 Å². The van der Waals surface area contributed by atoms with Gasteiger partial charge in [0.1, 0.15) is 23.0 Å². The van der Waals surface area contributed by atoms with Crippen molar-refractivity contribution in [3.05, 3.63) is 84.5 Å². The van der Waals surface area contributed by atoms with Crippen molar-refractivity contribution in [2.45, 2.75) is 43.8 Å². The molecule has 1 unspecified atom stereocenters. The number of dihydropyridines is 1. The van der Waals surface area contributed by atoms with Crippen molar-refractivity contribution >= 4 is 51.3 Å². The number of ether oxygens (including phenoxy) is 1. The number of carbonyl (C=O) groups excluding carboxylic acids is 2. The molecular weight excluding hydrogens is 651 g/mol. The number of likely N-dealkylation sites (tertiary alicyclic amines) is 1. The van der Waals surface area contributed by atoms with E-state index in [2.05, 4.69) is 54.0 Å². The summed E-state index contributed by atoms with van der Waals surface area (Å²) in [6, 6.07) is 14.1. The first-order valence-corrected chi connectivity index (χ1v) is 18.2. The number of rotatable bonds is 10. The number of anilines is 1. The molecule has 2 aromatic heterocycles. The number of aryl methyl sites for hydroxylation is 1. The van der Waals surface area contributed by atoms with E-state index in [1.807, 2.05) is 80.7 Å². The molecule has 2 atom stereocenters. The van der Waals surface area contributed by atoms with Gasteiger partial charge in [-0.2, -0.15) is 10.2 Å². The number of hydrogen-bond acceptors (Lipinski definition) is 9. The summed E-state index contributed by atoms with van der Waals surface area (Å²) in [5, 5.41) is 19.4. The summed E-state index contributed by atoms with van der Waals surface area (Å²) >= 11 is 1.55. The first kappa shape index (κ1) is 33.8. The van der Waals surface area contributed by atoms with Crippen molar-refractivity contribution in [3.8, 4) is 11.4 Å². The van der Waals surface area contributed by atoms with Crippen molar-refractivity contribution in [2.75, 3.05) is 44.3 Å². The van der Waals surface area contributed by atoms with Gasteiger partial charge >= 0.3 is 0 Å². The fraction of sp³-hybridized carbons (Fsp3) is 0.378. The standard InChI is InChI=1S/C37H43N9O3S/c1-24(2)49-32-12-9-28(20-38-32)34-30-19-29(10-11-31(30)41-42-34)40-36(48)37(50-4)15-18-45(22-37)21-33(47)46-16-13-26(14-17-46)25-5-7-27(8-6-25)35-39-23-44(3)43-35/h5-13,19-20,23-24,32,38H,14-18,21-22H2,1-4H3,(H,40,48)(H,41,42)/t32?,37-/m0/s1. The summed E-state index contributed by atoms with van der Waals surface area (Å²) in [6.07, 6.45) is 13.1. The minimum atomic E-state index is -0.648. The topological polar surface area (TPSA) is 133 Å². The van der Waals surface area contributed by atoms with E-state index in [9.17, 15) is 9.59 Å². The molecule has 2 amide bonds. The molecule has 1 fully saturated rings. The van der Waals surface area contributed by atoms with Gasteiger partial charge in [-0.3, -0.25) is 24.3 Å². The highest BCUT2D eigenvalue weighted by Crippen LogP contribution is 2.36. The number of benzene rings is 2. The third-order valence-corrected chi connectivity index (χ3v) is 10.8. The van der Waals surface area contributed by atoms with Crippen LogP contribution in [-0.4, -0.2) is 103 Å². The number of fused-ring (bicyclic) bond motifs is 1. The number of hydrogen-bond donors (Lipinski definition) is 3. The van der Waals surface area contributed by atoms with E-state index in [0.717, 1.165) is 39.7 Å². The molecular formula is C37H43N9O3S. The normalized spacial score (nSPS) is 21.0. The molecule has 0 aliphatic carbocycles. The van der Waals surface area contributed by atoms with Crippen LogP contribution in [0.5, 0.6) is 0 Å². The van der Waals surface area contributed by atoms with Crippen molar-refractivity contribution in [3.63, 3.8) is 0 Å². The zero-order chi connectivity index (χ0) is 34.8. The summed E-state index contributed by atoms with van der Waals surface area (Å²) in [5.74, 6) is 0.750. The molecule has 7 rings (SSSR count). The number of amides is 2. The first-order valence-electron chi connectivity index (χ1n) is 17.0. The van der Waals surface area contributed by atoms with Gasteiger partial charge in [0.25, 0.3) is 0 Å². The van der Waals surface area contributed by atoms with Crippen LogP contribution in [0.15, 0.2) is 73.2 Å². The molecule has 5 heterocycles. The lowest BCUT2D eigenvalue weighted by molar-refractivity contribution is -0.132. The Labute approximate surface area is 296 Å². The quantitative estimate of drug-likeness (QED) is 0.217. The van der Waals surface area contributed by atoms with Crippen molar-refractivity contribution in [1.29, 1.82) is 0 Å². The highest BCUT2D eigenvalue weighted by molar-refractivity contribution is 8.00. The second-order valence-corrected chi connectivity index (χ2v) is 14.5. The largest absolute Gasteiger partial charge is 0.362 e. The molecule has 0 radical (unpaired) electrons. The Kier molecular flexibility index (Phi) is 9.63. The molecule has 0 saturated carbocycles. The Balaban J connectivity index is 0.945. The fourth-order valence-corrected chi connectivity index (χ4v) is 7.58. The summed E-state index contributed by atoms with van der Waals surface area (Å²) in [5.41, 5.74) is 6.68. The molecule has 2 aromatic carbocycles. The smallest absolute Gasteiger partial charge is 0.241 e. The van der Waals surface area contributed by atoms with Crippen LogP contribution >= 0.6 is 11.8 Å². The molecule has 3 N–H and O–H groups in total. The number of thioether (sulfide) groups is 1. The van der Waals surface area contributed by atoms with Crippen LogP contribution in [-0.2, 0) is 21.4 Å². The maximum absolute atomic E-state index is 13.8. The van der Waals surface area contributed by atoms with E-state index in [0.29, 0.717) is 50.7 Å². The van der Waals surface area contributed by atoms with Crippen LogP contribution in [0.1, 0.15) is 37.9 Å². The second kappa shape index (κ2) is 14.3.